The molecule has 1 fully saturated rings. The first-order chi connectivity index (χ1) is 10.1. The number of ketones is 1. The molecule has 1 aliphatic rings. The highest BCUT2D eigenvalue weighted by Crippen LogP contribution is 2.31. The number of anilines is 1. The fraction of sp³-hybridized carbons (Fsp3) is 0.375. The highest BCUT2D eigenvalue weighted by atomic mass is 16.1. The Kier molecular flexibility index (Phi) is 3.68. The smallest absolute Gasteiger partial charge is 0.163 e. The van der Waals surface area contributed by atoms with E-state index in [1.165, 1.54) is 0 Å². The van der Waals surface area contributed by atoms with Gasteiger partial charge < -0.3 is 10.6 Å². The van der Waals surface area contributed by atoms with Gasteiger partial charge in [-0.2, -0.15) is 0 Å². The molecule has 0 atom stereocenters. The van der Waals surface area contributed by atoms with Gasteiger partial charge >= 0.3 is 0 Å². The number of aromatic nitrogens is 1. The molecule has 1 saturated heterocycles. The average molecular weight is 279 g/mol. The van der Waals surface area contributed by atoms with Gasteiger partial charge in [0.25, 0.3) is 0 Å². The lowest BCUT2D eigenvalue weighted by molar-refractivity contribution is 0.101. The van der Waals surface area contributed by atoms with Crippen LogP contribution in [0.15, 0.2) is 24.4 Å². The van der Waals surface area contributed by atoms with Crippen LogP contribution in [0, 0.1) is 0 Å². The molecule has 4 nitrogen and oxygen atoms in total. The Morgan fingerprint density at radius 2 is 2.10 bits per heavy atom. The van der Waals surface area contributed by atoms with Crippen LogP contribution >= 0.6 is 0 Å². The van der Waals surface area contributed by atoms with Crippen molar-refractivity contribution < 1.29 is 4.79 Å². The summed E-state index contributed by atoms with van der Waals surface area (Å²) in [6, 6.07) is 5.88. The Hall–Kier alpha value is -1.88. The Bertz CT molecular complexity index is 693. The van der Waals surface area contributed by atoms with Crippen molar-refractivity contribution in [1.29, 1.82) is 0 Å². The molecule has 1 aromatic carbocycles. The van der Waals surface area contributed by atoms with E-state index in [2.05, 4.69) is 9.88 Å². The van der Waals surface area contributed by atoms with Crippen molar-refractivity contribution in [2.24, 2.45) is 5.73 Å². The van der Waals surface area contributed by atoms with Crippen molar-refractivity contribution in [2.45, 2.75) is 25.8 Å². The molecule has 0 spiro atoms. The second kappa shape index (κ2) is 5.49. The molecule has 2 radical (unpaired) electrons. The van der Waals surface area contributed by atoms with Crippen LogP contribution in [0.4, 0.5) is 5.69 Å². The number of nitrogens with zero attached hydrogens (tertiary/aromatic N) is 2. The Labute approximate surface area is 125 Å². The van der Waals surface area contributed by atoms with Crippen molar-refractivity contribution in [3.8, 4) is 0 Å². The lowest BCUT2D eigenvalue weighted by atomic mass is 9.92. The van der Waals surface area contributed by atoms with E-state index in [4.69, 9.17) is 13.6 Å². The van der Waals surface area contributed by atoms with Crippen LogP contribution in [-0.2, 0) is 0 Å². The number of carbonyl (C=O) groups excluding carboxylic acids is 1. The van der Waals surface area contributed by atoms with E-state index in [-0.39, 0.29) is 11.8 Å². The number of hydrogen-bond donors (Lipinski definition) is 1. The van der Waals surface area contributed by atoms with Crippen molar-refractivity contribution in [3.63, 3.8) is 0 Å². The fourth-order valence-corrected chi connectivity index (χ4v) is 2.92. The van der Waals surface area contributed by atoms with Crippen LogP contribution in [0.2, 0.25) is 0 Å². The summed E-state index contributed by atoms with van der Waals surface area (Å²) in [4.78, 5) is 18.6. The standard InChI is InChI=1S/C16H18BN3O/c1-10(21)14-9-19-15-3-2-11(17)8-13(15)16(14)20-6-4-12(18)5-7-20/h2-3,8-9,12H,4-7,18H2,1H3. The quantitative estimate of drug-likeness (QED) is 0.662. The largest absolute Gasteiger partial charge is 0.370 e. The highest BCUT2D eigenvalue weighted by Gasteiger charge is 2.22. The third-order valence-corrected chi connectivity index (χ3v) is 4.10. The number of rotatable bonds is 2. The van der Waals surface area contributed by atoms with E-state index in [0.29, 0.717) is 11.0 Å². The van der Waals surface area contributed by atoms with Crippen LogP contribution in [0.5, 0.6) is 0 Å². The number of piperidine rings is 1. The third kappa shape index (κ3) is 2.66. The van der Waals surface area contributed by atoms with Gasteiger partial charge in [0.2, 0.25) is 0 Å². The molecule has 3 rings (SSSR count). The van der Waals surface area contributed by atoms with Crippen LogP contribution in [0.3, 0.4) is 0 Å². The summed E-state index contributed by atoms with van der Waals surface area (Å²) >= 11 is 0. The second-order valence-electron chi connectivity index (χ2n) is 5.68. The fourth-order valence-electron chi connectivity index (χ4n) is 2.92. The van der Waals surface area contributed by atoms with Gasteiger partial charge in [-0.15, -0.1) is 0 Å². The first kappa shape index (κ1) is 14.1. The van der Waals surface area contributed by atoms with Gasteiger partial charge in [0, 0.05) is 30.7 Å². The zero-order chi connectivity index (χ0) is 15.0. The molecular weight excluding hydrogens is 261 g/mol. The van der Waals surface area contributed by atoms with E-state index in [9.17, 15) is 4.79 Å². The van der Waals surface area contributed by atoms with Gasteiger partial charge in [-0.1, -0.05) is 17.6 Å². The molecule has 1 aromatic heterocycles. The molecule has 106 valence electrons. The number of nitrogens with two attached hydrogens (primary N) is 1. The van der Waals surface area contributed by atoms with E-state index >= 15 is 0 Å². The third-order valence-electron chi connectivity index (χ3n) is 4.10. The summed E-state index contributed by atoms with van der Waals surface area (Å²) in [7, 11) is 5.92. The zero-order valence-electron chi connectivity index (χ0n) is 12.2. The highest BCUT2D eigenvalue weighted by molar-refractivity contribution is 6.33. The number of benzene rings is 1. The Morgan fingerprint density at radius 1 is 1.38 bits per heavy atom. The number of pyridine rings is 1. The molecule has 0 aliphatic carbocycles. The van der Waals surface area contributed by atoms with Crippen molar-refractivity contribution in [2.75, 3.05) is 18.0 Å². The topological polar surface area (TPSA) is 59.2 Å². The molecule has 2 heterocycles. The lowest BCUT2D eigenvalue weighted by Gasteiger charge is -2.33. The predicted octanol–water partition coefficient (Wildman–Crippen LogP) is 1.16. The van der Waals surface area contributed by atoms with Gasteiger partial charge in [-0.25, -0.2) is 0 Å². The Morgan fingerprint density at radius 3 is 2.76 bits per heavy atom. The molecule has 5 heteroatoms. The summed E-state index contributed by atoms with van der Waals surface area (Å²) in [5, 5.41) is 0.943. The van der Waals surface area contributed by atoms with E-state index in [1.807, 2.05) is 18.2 Å². The SMILES string of the molecule is [B]c1ccc2ncc(C(C)=O)c(N3CCC(N)CC3)c2c1. The van der Waals surface area contributed by atoms with Crippen LogP contribution < -0.4 is 16.1 Å². The maximum Gasteiger partial charge on any atom is 0.163 e. The van der Waals surface area contributed by atoms with Crippen LogP contribution in [0.1, 0.15) is 30.1 Å². The minimum atomic E-state index is 0.0247. The molecule has 2 N–H and O–H groups in total. The van der Waals surface area contributed by atoms with Gasteiger partial charge in [0.15, 0.2) is 5.78 Å². The monoisotopic (exact) mass is 279 g/mol. The van der Waals surface area contributed by atoms with Crippen molar-refractivity contribution in [3.05, 3.63) is 30.0 Å². The van der Waals surface area contributed by atoms with Crippen molar-refractivity contribution in [1.82, 2.24) is 4.98 Å². The minimum absolute atomic E-state index is 0.0247. The molecule has 2 aromatic rings. The second-order valence-corrected chi connectivity index (χ2v) is 5.68. The number of hydrogen-bond acceptors (Lipinski definition) is 4. The van der Waals surface area contributed by atoms with E-state index < -0.39 is 0 Å². The number of fused-ring (bicyclic) bond motifs is 1. The van der Waals surface area contributed by atoms with E-state index in [1.54, 1.807) is 13.1 Å². The van der Waals surface area contributed by atoms with Gasteiger partial charge in [0.05, 0.1) is 16.8 Å². The van der Waals surface area contributed by atoms with Gasteiger partial charge in [-0.3, -0.25) is 9.78 Å². The molecular formula is C16H18BN3O. The van der Waals surface area contributed by atoms with Gasteiger partial charge in [0.1, 0.15) is 7.85 Å². The Balaban J connectivity index is 2.18. The summed E-state index contributed by atoms with van der Waals surface area (Å²) < 4.78 is 0. The number of Topliss-reactive ketones (excluding diaryl/α,β-unsaturated/α-hetero) is 1. The average Bonchev–Trinajstić information content (AvgIpc) is 2.47. The maximum absolute atomic E-state index is 12.0. The normalized spacial score (nSPS) is 16.4. The summed E-state index contributed by atoms with van der Waals surface area (Å²) in [5.74, 6) is 0.0247. The molecule has 0 bridgehead atoms. The first-order valence-corrected chi connectivity index (χ1v) is 7.26. The van der Waals surface area contributed by atoms with E-state index in [0.717, 1.165) is 42.5 Å². The zero-order valence-corrected chi connectivity index (χ0v) is 12.2. The summed E-state index contributed by atoms with van der Waals surface area (Å²) in [5.41, 5.74) is 9.13. The summed E-state index contributed by atoms with van der Waals surface area (Å²) in [6.07, 6.45) is 3.54. The maximum atomic E-state index is 12.0. The predicted molar refractivity (Wildman–Crippen MR) is 86.6 cm³/mol. The molecule has 0 unspecified atom stereocenters. The molecule has 0 amide bonds. The van der Waals surface area contributed by atoms with Crippen LogP contribution in [0.25, 0.3) is 10.9 Å². The van der Waals surface area contributed by atoms with Gasteiger partial charge in [-0.05, 0) is 25.8 Å². The molecule has 0 saturated carbocycles. The summed E-state index contributed by atoms with van der Waals surface area (Å²) in [6.45, 7) is 3.29. The minimum Gasteiger partial charge on any atom is -0.370 e. The number of carbonyl (C=O) groups is 1. The van der Waals surface area contributed by atoms with Crippen molar-refractivity contribution >= 4 is 35.7 Å². The lowest BCUT2D eigenvalue weighted by Crippen LogP contribution is -2.40. The molecule has 21 heavy (non-hydrogen) atoms. The first-order valence-electron chi connectivity index (χ1n) is 7.26. The van der Waals surface area contributed by atoms with Crippen LogP contribution in [-0.4, -0.2) is 37.7 Å². The molecule has 1 aliphatic heterocycles.